The third-order valence-electron chi connectivity index (χ3n) is 0.500. The summed E-state index contributed by atoms with van der Waals surface area (Å²) in [5, 5.41) is 0. The van der Waals surface area contributed by atoms with Crippen LogP contribution in [0.1, 0.15) is 19.3 Å². The third-order valence-corrected chi connectivity index (χ3v) is 0.500. The van der Waals surface area contributed by atoms with Crippen LogP contribution in [0.3, 0.4) is 0 Å². The van der Waals surface area contributed by atoms with Crippen LogP contribution in [0.4, 0.5) is 0 Å². The van der Waals surface area contributed by atoms with Crippen LogP contribution in [0.25, 0.3) is 0 Å². The molecule has 0 aliphatic heterocycles. The summed E-state index contributed by atoms with van der Waals surface area (Å²) in [7, 11) is 0. The van der Waals surface area contributed by atoms with Crippen molar-refractivity contribution in [2.45, 2.75) is 19.3 Å². The van der Waals surface area contributed by atoms with Crippen LogP contribution in [-0.2, 0) is 22.6 Å². The Morgan fingerprint density at radius 2 is 1.43 bits per heavy atom. The molecule has 0 heterocycles. The fraction of sp³-hybridized carbons (Fsp3) is 0.600. The van der Waals surface area contributed by atoms with Gasteiger partial charge in [0.1, 0.15) is 0 Å². The number of hydrogen-bond donors (Lipinski definition) is 0. The van der Waals surface area contributed by atoms with Crippen LogP contribution < -0.4 is 0 Å². The van der Waals surface area contributed by atoms with Gasteiger partial charge in [0.2, 0.25) is 0 Å². The molecular weight excluding hydrogens is 182 g/mol. The van der Waals surface area contributed by atoms with Gasteiger partial charge in [0.05, 0.1) is 0 Å². The van der Waals surface area contributed by atoms with Crippen molar-refractivity contribution in [1.29, 1.82) is 0 Å². The minimum atomic E-state index is 1.03. The summed E-state index contributed by atoms with van der Waals surface area (Å²) in [6.07, 6.45) is 3.23. The molecule has 1 nitrogen and oxygen atoms in total. The molecule has 0 radical (unpaired) electrons. The van der Waals surface area contributed by atoms with Gasteiger partial charge in [-0.1, -0.05) is 0 Å². The summed E-state index contributed by atoms with van der Waals surface area (Å²) >= 11 is 1.50. The van der Waals surface area contributed by atoms with Crippen molar-refractivity contribution in [1.82, 2.24) is 0 Å². The van der Waals surface area contributed by atoms with Gasteiger partial charge >= 0.3 is 22.6 Å². The van der Waals surface area contributed by atoms with Crippen molar-refractivity contribution < 1.29 is 22.6 Å². The van der Waals surface area contributed by atoms with Gasteiger partial charge in [0.15, 0.2) is 0 Å². The first kappa shape index (κ1) is 10.4. The second kappa shape index (κ2) is 16.1. The van der Waals surface area contributed by atoms with Gasteiger partial charge in [-0.3, -0.25) is 0 Å². The second-order valence-corrected chi connectivity index (χ2v) is 1.06. The first-order valence-electron chi connectivity index (χ1n) is 2.13. The fourth-order valence-corrected chi connectivity index (χ4v) is 0.177. The Balaban J connectivity index is 0. The number of rotatable bonds is 2. The van der Waals surface area contributed by atoms with E-state index in [2.05, 4.69) is 13.8 Å². The van der Waals surface area contributed by atoms with Crippen molar-refractivity contribution in [3.63, 3.8) is 0 Å². The van der Waals surface area contributed by atoms with E-state index in [4.69, 9.17) is 3.47 Å². The van der Waals surface area contributed by atoms with E-state index in [0.717, 1.165) is 12.8 Å². The molecule has 48 valence electrons. The van der Waals surface area contributed by atoms with Crippen molar-refractivity contribution in [3.05, 3.63) is 13.8 Å². The van der Waals surface area contributed by atoms with E-state index in [9.17, 15) is 0 Å². The quantitative estimate of drug-likeness (QED) is 0.481. The second-order valence-electron chi connectivity index (χ2n) is 1.06. The SMILES string of the molecule is [CH2-]CCC[CH2-].[O]=[Pd]. The Morgan fingerprint density at radius 3 is 1.43 bits per heavy atom. The predicted molar refractivity (Wildman–Crippen MR) is 25.3 cm³/mol. The fourth-order valence-electron chi connectivity index (χ4n) is 0.177. The molecule has 0 bridgehead atoms. The van der Waals surface area contributed by atoms with Crippen LogP contribution in [0.15, 0.2) is 0 Å². The van der Waals surface area contributed by atoms with Crippen molar-refractivity contribution >= 4 is 0 Å². The molecule has 0 unspecified atom stereocenters. The van der Waals surface area contributed by atoms with E-state index in [-0.39, 0.29) is 0 Å². The summed E-state index contributed by atoms with van der Waals surface area (Å²) in [6, 6.07) is 0. The van der Waals surface area contributed by atoms with Crippen molar-refractivity contribution in [2.75, 3.05) is 0 Å². The van der Waals surface area contributed by atoms with Crippen molar-refractivity contribution in [3.8, 4) is 0 Å². The average molecular weight is 193 g/mol. The van der Waals surface area contributed by atoms with E-state index in [1.165, 1.54) is 25.6 Å². The first-order chi connectivity index (χ1) is 3.41. The minimum absolute atomic E-state index is 1.03. The molecule has 7 heavy (non-hydrogen) atoms. The Hall–Kier alpha value is 0.462. The normalized spacial score (nSPS) is 6.86. The van der Waals surface area contributed by atoms with Gasteiger partial charge in [-0.2, -0.15) is 12.8 Å². The van der Waals surface area contributed by atoms with Crippen LogP contribution in [0, 0.1) is 13.8 Å². The number of unbranched alkanes of at least 4 members (excludes halogenated alkanes) is 2. The molecule has 0 amide bonds. The van der Waals surface area contributed by atoms with Crippen LogP contribution in [-0.4, -0.2) is 0 Å². The van der Waals surface area contributed by atoms with E-state index >= 15 is 0 Å². The molecule has 0 saturated heterocycles. The zero-order chi connectivity index (χ0) is 6.12. The van der Waals surface area contributed by atoms with E-state index < -0.39 is 0 Å². The molecule has 0 atom stereocenters. The van der Waals surface area contributed by atoms with E-state index in [1.54, 1.807) is 0 Å². The zero-order valence-electron chi connectivity index (χ0n) is 4.26. The van der Waals surface area contributed by atoms with E-state index in [0.29, 0.717) is 0 Å². The monoisotopic (exact) mass is 192 g/mol. The Morgan fingerprint density at radius 1 is 1.14 bits per heavy atom. The molecule has 0 saturated carbocycles. The Labute approximate surface area is 56.2 Å². The molecule has 0 aromatic carbocycles. The first-order valence-corrected chi connectivity index (χ1v) is 2.76. The van der Waals surface area contributed by atoms with Gasteiger partial charge in [-0.05, 0) is 0 Å². The van der Waals surface area contributed by atoms with Gasteiger partial charge in [0, 0.05) is 0 Å². The molecule has 0 spiro atoms. The summed E-state index contributed by atoms with van der Waals surface area (Å²) < 4.78 is 8.10. The number of hydrogen-bond acceptors (Lipinski definition) is 1. The summed E-state index contributed by atoms with van der Waals surface area (Å²) in [5.41, 5.74) is 0. The molecule has 0 aromatic heterocycles. The molecule has 2 heteroatoms. The summed E-state index contributed by atoms with van der Waals surface area (Å²) in [6.45, 7) is 7.27. The Bertz CT molecular complexity index is 22.0. The molecule has 0 aliphatic rings. The molecule has 0 N–H and O–H groups in total. The molecule has 0 aliphatic carbocycles. The standard InChI is InChI=1S/C5H10.O.Pd/c1-3-5-4-2;;/h1-5H2;;/q-2;;. The van der Waals surface area contributed by atoms with Crippen LogP contribution >= 0.6 is 0 Å². The molecule has 0 fully saturated rings. The maximum absolute atomic E-state index is 8.10. The van der Waals surface area contributed by atoms with Gasteiger partial charge in [-0.15, -0.1) is 6.42 Å². The molecule has 0 rings (SSSR count). The third kappa shape index (κ3) is 21.2. The van der Waals surface area contributed by atoms with Gasteiger partial charge in [0.25, 0.3) is 0 Å². The maximum atomic E-state index is 8.10. The molecular formula is C5H10OPd-2. The summed E-state index contributed by atoms with van der Waals surface area (Å²) in [4.78, 5) is 0. The molecule has 0 aromatic rings. The average Bonchev–Trinajstić information content (AvgIpc) is 1.75. The topological polar surface area (TPSA) is 17.1 Å². The Kier molecular flexibility index (Phi) is 24.0. The summed E-state index contributed by atoms with van der Waals surface area (Å²) in [5.74, 6) is 0. The van der Waals surface area contributed by atoms with E-state index in [1.807, 2.05) is 0 Å². The van der Waals surface area contributed by atoms with Crippen molar-refractivity contribution in [2.24, 2.45) is 0 Å². The van der Waals surface area contributed by atoms with Crippen LogP contribution in [0.5, 0.6) is 0 Å². The van der Waals surface area contributed by atoms with Gasteiger partial charge < -0.3 is 13.8 Å². The van der Waals surface area contributed by atoms with Gasteiger partial charge in [-0.25, -0.2) is 0 Å². The van der Waals surface area contributed by atoms with Crippen LogP contribution in [0.2, 0.25) is 0 Å². The predicted octanol–water partition coefficient (Wildman–Crippen LogP) is 1.70. The zero-order valence-corrected chi connectivity index (χ0v) is 5.81.